The number of carbonyl (C=O) groups excluding carboxylic acids is 1. The van der Waals surface area contributed by atoms with E-state index in [-0.39, 0.29) is 24.7 Å². The minimum atomic E-state index is -0.617. The number of hydrogen-bond acceptors (Lipinski definition) is 5. The van der Waals surface area contributed by atoms with Gasteiger partial charge in [0.25, 0.3) is 11.6 Å². The zero-order valence-corrected chi connectivity index (χ0v) is 9.83. The van der Waals surface area contributed by atoms with Gasteiger partial charge in [-0.1, -0.05) is 0 Å². The van der Waals surface area contributed by atoms with Crippen molar-refractivity contribution in [2.45, 2.75) is 13.0 Å². The van der Waals surface area contributed by atoms with Gasteiger partial charge in [0.1, 0.15) is 5.75 Å². The lowest BCUT2D eigenvalue weighted by Gasteiger charge is -2.08. The molecule has 0 aliphatic rings. The summed E-state index contributed by atoms with van der Waals surface area (Å²) in [5.41, 5.74) is -0.0408. The first-order valence-corrected chi connectivity index (χ1v) is 5.31. The molecule has 0 aliphatic carbocycles. The molecule has 1 aromatic carbocycles. The third-order valence-electron chi connectivity index (χ3n) is 2.01. The van der Waals surface area contributed by atoms with Crippen LogP contribution in [0.5, 0.6) is 5.75 Å². The maximum Gasteiger partial charge on any atom is 0.269 e. The maximum absolute atomic E-state index is 11.2. The summed E-state index contributed by atoms with van der Waals surface area (Å²) in [5, 5.41) is 21.8. The van der Waals surface area contributed by atoms with Gasteiger partial charge in [-0.05, 0) is 19.1 Å². The quantitative estimate of drug-likeness (QED) is 0.567. The van der Waals surface area contributed by atoms with E-state index in [4.69, 9.17) is 9.84 Å². The molecular formula is C11H14N2O5. The standard InChI is InChI=1S/C11H14N2O5/c1-8(14)6-12-11(15)7-18-10-4-2-9(3-5-10)13(16)17/h2-5,8,14H,6-7H2,1H3,(H,12,15)/t8-/m0/s1. The summed E-state index contributed by atoms with van der Waals surface area (Å²) in [5.74, 6) is 0.00190. The number of aliphatic hydroxyl groups is 1. The molecule has 0 saturated carbocycles. The van der Waals surface area contributed by atoms with Gasteiger partial charge >= 0.3 is 0 Å². The molecule has 2 N–H and O–H groups in total. The Morgan fingerprint density at radius 3 is 2.61 bits per heavy atom. The second-order valence-electron chi connectivity index (χ2n) is 3.69. The Morgan fingerprint density at radius 2 is 2.11 bits per heavy atom. The summed E-state index contributed by atoms with van der Waals surface area (Å²) < 4.78 is 5.12. The minimum absolute atomic E-state index is 0.0408. The van der Waals surface area contributed by atoms with Gasteiger partial charge in [-0.3, -0.25) is 14.9 Å². The van der Waals surface area contributed by atoms with Crippen molar-refractivity contribution in [2.75, 3.05) is 13.2 Å². The molecule has 1 aromatic rings. The van der Waals surface area contributed by atoms with Crippen LogP contribution in [0.4, 0.5) is 5.69 Å². The van der Waals surface area contributed by atoms with Gasteiger partial charge in [-0.15, -0.1) is 0 Å². The highest BCUT2D eigenvalue weighted by Crippen LogP contribution is 2.16. The van der Waals surface area contributed by atoms with E-state index >= 15 is 0 Å². The molecular weight excluding hydrogens is 240 g/mol. The molecule has 0 saturated heterocycles. The minimum Gasteiger partial charge on any atom is -0.484 e. The molecule has 18 heavy (non-hydrogen) atoms. The average molecular weight is 254 g/mol. The van der Waals surface area contributed by atoms with E-state index in [1.54, 1.807) is 6.92 Å². The fourth-order valence-corrected chi connectivity index (χ4v) is 1.13. The molecule has 1 rings (SSSR count). The Hall–Kier alpha value is -2.15. The van der Waals surface area contributed by atoms with E-state index < -0.39 is 11.0 Å². The van der Waals surface area contributed by atoms with Gasteiger partial charge in [-0.25, -0.2) is 0 Å². The molecule has 0 fully saturated rings. The summed E-state index contributed by atoms with van der Waals surface area (Å²) >= 11 is 0. The first-order chi connectivity index (χ1) is 8.49. The van der Waals surface area contributed by atoms with Crippen LogP contribution in [0.3, 0.4) is 0 Å². The number of nitrogens with one attached hydrogen (secondary N) is 1. The average Bonchev–Trinajstić information content (AvgIpc) is 2.34. The van der Waals surface area contributed by atoms with Crippen molar-refractivity contribution in [1.82, 2.24) is 5.32 Å². The number of rotatable bonds is 6. The molecule has 0 aliphatic heterocycles. The van der Waals surface area contributed by atoms with E-state index in [0.29, 0.717) is 5.75 Å². The molecule has 0 radical (unpaired) electrons. The van der Waals surface area contributed by atoms with Crippen molar-refractivity contribution in [3.63, 3.8) is 0 Å². The molecule has 0 bridgehead atoms. The summed E-state index contributed by atoms with van der Waals surface area (Å²) in [4.78, 5) is 21.1. The monoisotopic (exact) mass is 254 g/mol. The van der Waals surface area contributed by atoms with Gasteiger partial charge < -0.3 is 15.2 Å². The molecule has 1 atom stereocenters. The number of carbonyl (C=O) groups is 1. The number of amides is 1. The number of aliphatic hydroxyl groups excluding tert-OH is 1. The predicted octanol–water partition coefficient (Wildman–Crippen LogP) is 0.471. The van der Waals surface area contributed by atoms with Crippen LogP contribution in [0.1, 0.15) is 6.92 Å². The lowest BCUT2D eigenvalue weighted by atomic mass is 10.3. The molecule has 7 heteroatoms. The van der Waals surface area contributed by atoms with Gasteiger partial charge in [0.2, 0.25) is 0 Å². The lowest BCUT2D eigenvalue weighted by Crippen LogP contribution is -2.34. The summed E-state index contributed by atoms with van der Waals surface area (Å²) in [6.07, 6.45) is -0.617. The summed E-state index contributed by atoms with van der Waals surface area (Å²) in [6, 6.07) is 5.42. The van der Waals surface area contributed by atoms with Crippen molar-refractivity contribution in [3.8, 4) is 5.75 Å². The normalized spacial score (nSPS) is 11.7. The second kappa shape index (κ2) is 6.55. The SMILES string of the molecule is C[C@H](O)CNC(=O)COc1ccc([N+](=O)[O-])cc1. The molecule has 0 unspecified atom stereocenters. The van der Waals surface area contributed by atoms with Crippen LogP contribution in [0.25, 0.3) is 0 Å². The fraction of sp³-hybridized carbons (Fsp3) is 0.364. The highest BCUT2D eigenvalue weighted by atomic mass is 16.6. The third-order valence-corrected chi connectivity index (χ3v) is 2.01. The van der Waals surface area contributed by atoms with Gasteiger partial charge in [0, 0.05) is 18.7 Å². The van der Waals surface area contributed by atoms with Gasteiger partial charge in [0.15, 0.2) is 6.61 Å². The smallest absolute Gasteiger partial charge is 0.269 e. The fourth-order valence-electron chi connectivity index (χ4n) is 1.13. The van der Waals surface area contributed by atoms with E-state index in [1.807, 2.05) is 0 Å². The van der Waals surface area contributed by atoms with Crippen molar-refractivity contribution < 1.29 is 19.6 Å². The Balaban J connectivity index is 2.39. The number of hydrogen-bond donors (Lipinski definition) is 2. The number of nitrogens with zero attached hydrogens (tertiary/aromatic N) is 1. The first kappa shape index (κ1) is 13.9. The zero-order chi connectivity index (χ0) is 13.5. The van der Waals surface area contributed by atoms with Crippen LogP contribution in [0.2, 0.25) is 0 Å². The van der Waals surface area contributed by atoms with Gasteiger partial charge in [-0.2, -0.15) is 0 Å². The predicted molar refractivity (Wildman–Crippen MR) is 63.3 cm³/mol. The van der Waals surface area contributed by atoms with Crippen LogP contribution in [-0.2, 0) is 4.79 Å². The number of non-ortho nitro benzene ring substituents is 1. The Morgan fingerprint density at radius 1 is 1.50 bits per heavy atom. The van der Waals surface area contributed by atoms with E-state index in [2.05, 4.69) is 5.32 Å². The van der Waals surface area contributed by atoms with Crippen LogP contribution in [-0.4, -0.2) is 35.2 Å². The third kappa shape index (κ3) is 4.79. The molecule has 98 valence electrons. The highest BCUT2D eigenvalue weighted by Gasteiger charge is 2.06. The number of nitro benzene ring substituents is 1. The highest BCUT2D eigenvalue weighted by molar-refractivity contribution is 5.77. The topological polar surface area (TPSA) is 102 Å². The molecule has 1 amide bonds. The lowest BCUT2D eigenvalue weighted by molar-refractivity contribution is -0.384. The maximum atomic E-state index is 11.2. The van der Waals surface area contributed by atoms with Crippen molar-refractivity contribution in [3.05, 3.63) is 34.4 Å². The number of nitro groups is 1. The van der Waals surface area contributed by atoms with E-state index in [0.717, 1.165) is 0 Å². The van der Waals surface area contributed by atoms with Crippen LogP contribution >= 0.6 is 0 Å². The van der Waals surface area contributed by atoms with E-state index in [1.165, 1.54) is 24.3 Å². The number of ether oxygens (including phenoxy) is 1. The first-order valence-electron chi connectivity index (χ1n) is 5.31. The Labute approximate surface area is 104 Å². The second-order valence-corrected chi connectivity index (χ2v) is 3.69. The van der Waals surface area contributed by atoms with Crippen molar-refractivity contribution >= 4 is 11.6 Å². The van der Waals surface area contributed by atoms with E-state index in [9.17, 15) is 14.9 Å². The van der Waals surface area contributed by atoms with Crippen LogP contribution in [0.15, 0.2) is 24.3 Å². The molecule has 0 spiro atoms. The Bertz CT molecular complexity index is 416. The summed E-state index contributed by atoms with van der Waals surface area (Å²) in [7, 11) is 0. The van der Waals surface area contributed by atoms with Crippen LogP contribution in [0, 0.1) is 10.1 Å². The summed E-state index contributed by atoms with van der Waals surface area (Å²) in [6.45, 7) is 1.50. The van der Waals surface area contributed by atoms with Crippen molar-refractivity contribution in [1.29, 1.82) is 0 Å². The Kier molecular flexibility index (Phi) is 5.06. The largest absolute Gasteiger partial charge is 0.484 e. The molecule has 0 aromatic heterocycles. The van der Waals surface area contributed by atoms with Crippen molar-refractivity contribution in [2.24, 2.45) is 0 Å². The van der Waals surface area contributed by atoms with Crippen LogP contribution < -0.4 is 10.1 Å². The molecule has 7 nitrogen and oxygen atoms in total. The number of benzene rings is 1. The van der Waals surface area contributed by atoms with Gasteiger partial charge in [0.05, 0.1) is 11.0 Å². The molecule has 0 heterocycles. The zero-order valence-electron chi connectivity index (χ0n) is 9.83.